The zero-order valence-electron chi connectivity index (χ0n) is 9.27. The molecule has 0 radical (unpaired) electrons. The molecule has 0 spiro atoms. The second-order valence-corrected chi connectivity index (χ2v) is 4.20. The van der Waals surface area contributed by atoms with Crippen molar-refractivity contribution in [3.63, 3.8) is 0 Å². The van der Waals surface area contributed by atoms with E-state index in [1.807, 2.05) is 12.1 Å². The van der Waals surface area contributed by atoms with Crippen LogP contribution in [0.1, 0.15) is 27.9 Å². The van der Waals surface area contributed by atoms with Gasteiger partial charge in [0.05, 0.1) is 11.8 Å². The predicted molar refractivity (Wildman–Crippen MR) is 62.9 cm³/mol. The van der Waals surface area contributed by atoms with Crippen LogP contribution in [0.5, 0.6) is 0 Å². The van der Waals surface area contributed by atoms with E-state index < -0.39 is 0 Å². The summed E-state index contributed by atoms with van der Waals surface area (Å²) in [4.78, 5) is 11.8. The van der Waals surface area contributed by atoms with Crippen molar-refractivity contribution >= 4 is 11.6 Å². The Bertz CT molecular complexity index is 547. The van der Waals surface area contributed by atoms with E-state index in [-0.39, 0.29) is 5.91 Å². The first kappa shape index (κ1) is 10.1. The number of aromatic nitrogens is 1. The Morgan fingerprint density at radius 2 is 2.18 bits per heavy atom. The minimum atomic E-state index is -0.191. The van der Waals surface area contributed by atoms with Gasteiger partial charge in [-0.2, -0.15) is 0 Å². The first-order chi connectivity index (χ1) is 8.33. The fourth-order valence-electron chi connectivity index (χ4n) is 2.17. The van der Waals surface area contributed by atoms with Gasteiger partial charge >= 0.3 is 0 Å². The van der Waals surface area contributed by atoms with Crippen LogP contribution in [-0.4, -0.2) is 11.1 Å². The van der Waals surface area contributed by atoms with E-state index in [9.17, 15) is 4.79 Å². The highest BCUT2D eigenvalue weighted by Gasteiger charge is 2.13. The van der Waals surface area contributed by atoms with Gasteiger partial charge in [0.1, 0.15) is 6.26 Å². The molecule has 0 bridgehead atoms. The molecular weight excluding hydrogens is 216 g/mol. The van der Waals surface area contributed by atoms with Gasteiger partial charge in [-0.25, -0.2) is 0 Å². The van der Waals surface area contributed by atoms with Crippen LogP contribution in [0.2, 0.25) is 0 Å². The maximum atomic E-state index is 11.8. The molecule has 0 fully saturated rings. The standard InChI is InChI=1S/C13H12N2O2/c16-13(11-7-14-17-8-11)15-12-5-4-9-2-1-3-10(9)6-12/h4-8H,1-3H2,(H,15,16). The molecule has 1 aliphatic rings. The number of nitrogens with one attached hydrogen (secondary N) is 1. The molecule has 0 saturated carbocycles. The molecule has 1 N–H and O–H groups in total. The highest BCUT2D eigenvalue weighted by atomic mass is 16.5. The molecule has 17 heavy (non-hydrogen) atoms. The molecule has 86 valence electrons. The molecule has 1 aromatic heterocycles. The molecule has 0 saturated heterocycles. The lowest BCUT2D eigenvalue weighted by molar-refractivity contribution is 0.102. The van der Waals surface area contributed by atoms with Gasteiger partial charge in [-0.3, -0.25) is 4.79 Å². The van der Waals surface area contributed by atoms with E-state index in [1.165, 1.54) is 30.0 Å². The van der Waals surface area contributed by atoms with Gasteiger partial charge in [0, 0.05) is 5.69 Å². The van der Waals surface area contributed by atoms with E-state index in [0.29, 0.717) is 5.56 Å². The lowest BCUT2D eigenvalue weighted by atomic mass is 10.1. The largest absolute Gasteiger partial charge is 0.364 e. The molecule has 0 aliphatic heterocycles. The average Bonchev–Trinajstić information content (AvgIpc) is 2.99. The number of rotatable bonds is 2. The quantitative estimate of drug-likeness (QED) is 0.858. The third-order valence-corrected chi connectivity index (χ3v) is 3.05. The summed E-state index contributed by atoms with van der Waals surface area (Å²) >= 11 is 0. The molecule has 0 atom stereocenters. The fraction of sp³-hybridized carbons (Fsp3) is 0.231. The van der Waals surface area contributed by atoms with Crippen LogP contribution >= 0.6 is 0 Å². The molecule has 1 heterocycles. The zero-order chi connectivity index (χ0) is 11.7. The number of amides is 1. The summed E-state index contributed by atoms with van der Waals surface area (Å²) in [5.74, 6) is -0.191. The van der Waals surface area contributed by atoms with Crippen molar-refractivity contribution in [1.29, 1.82) is 0 Å². The third kappa shape index (κ3) is 1.93. The SMILES string of the molecule is O=C(Nc1ccc2c(c1)CCC2)c1cnoc1. The van der Waals surface area contributed by atoms with Crippen molar-refractivity contribution in [3.05, 3.63) is 47.3 Å². The minimum absolute atomic E-state index is 0.191. The lowest BCUT2D eigenvalue weighted by Crippen LogP contribution is -2.11. The Morgan fingerprint density at radius 1 is 1.29 bits per heavy atom. The van der Waals surface area contributed by atoms with Crippen LogP contribution in [0.4, 0.5) is 5.69 Å². The summed E-state index contributed by atoms with van der Waals surface area (Å²) in [6.45, 7) is 0. The molecular formula is C13H12N2O2. The monoisotopic (exact) mass is 228 g/mol. The predicted octanol–water partition coefficient (Wildman–Crippen LogP) is 2.42. The topological polar surface area (TPSA) is 55.1 Å². The molecule has 1 aliphatic carbocycles. The first-order valence-corrected chi connectivity index (χ1v) is 5.65. The number of hydrogen-bond acceptors (Lipinski definition) is 3. The summed E-state index contributed by atoms with van der Waals surface area (Å²) < 4.78 is 4.64. The summed E-state index contributed by atoms with van der Waals surface area (Å²) in [7, 11) is 0. The van der Waals surface area contributed by atoms with Gasteiger partial charge in [-0.05, 0) is 42.5 Å². The molecule has 1 aromatic carbocycles. The molecule has 1 amide bonds. The molecule has 4 nitrogen and oxygen atoms in total. The van der Waals surface area contributed by atoms with Gasteiger partial charge in [0.15, 0.2) is 0 Å². The maximum Gasteiger partial charge on any atom is 0.260 e. The second-order valence-electron chi connectivity index (χ2n) is 4.20. The van der Waals surface area contributed by atoms with Crippen LogP contribution in [0.25, 0.3) is 0 Å². The fourth-order valence-corrected chi connectivity index (χ4v) is 2.17. The smallest absolute Gasteiger partial charge is 0.260 e. The van der Waals surface area contributed by atoms with Crippen LogP contribution in [0.15, 0.2) is 35.2 Å². The van der Waals surface area contributed by atoms with E-state index >= 15 is 0 Å². The number of benzene rings is 1. The summed E-state index contributed by atoms with van der Waals surface area (Å²) in [5.41, 5.74) is 4.00. The summed E-state index contributed by atoms with van der Waals surface area (Å²) in [6.07, 6.45) is 6.20. The summed E-state index contributed by atoms with van der Waals surface area (Å²) in [6, 6.07) is 6.08. The number of aryl methyl sites for hydroxylation is 2. The van der Waals surface area contributed by atoms with Crippen LogP contribution in [-0.2, 0) is 12.8 Å². The van der Waals surface area contributed by atoms with Crippen LogP contribution < -0.4 is 5.32 Å². The lowest BCUT2D eigenvalue weighted by Gasteiger charge is -2.05. The van der Waals surface area contributed by atoms with E-state index in [4.69, 9.17) is 0 Å². The summed E-state index contributed by atoms with van der Waals surface area (Å²) in [5, 5.41) is 6.34. The zero-order valence-corrected chi connectivity index (χ0v) is 9.27. The molecule has 3 rings (SSSR count). The minimum Gasteiger partial charge on any atom is -0.364 e. The average molecular weight is 228 g/mol. The van der Waals surface area contributed by atoms with Crippen molar-refractivity contribution in [1.82, 2.24) is 5.16 Å². The third-order valence-electron chi connectivity index (χ3n) is 3.05. The highest BCUT2D eigenvalue weighted by molar-refractivity contribution is 6.03. The normalized spacial score (nSPS) is 13.4. The maximum absolute atomic E-state index is 11.8. The van der Waals surface area contributed by atoms with E-state index in [2.05, 4.69) is 21.1 Å². The van der Waals surface area contributed by atoms with Crippen LogP contribution in [0.3, 0.4) is 0 Å². The second kappa shape index (κ2) is 4.05. The van der Waals surface area contributed by atoms with Crippen LogP contribution in [0, 0.1) is 0 Å². The van der Waals surface area contributed by atoms with Gasteiger partial charge in [-0.1, -0.05) is 11.2 Å². The first-order valence-electron chi connectivity index (χ1n) is 5.65. The van der Waals surface area contributed by atoms with E-state index in [0.717, 1.165) is 18.5 Å². The molecule has 0 unspecified atom stereocenters. The number of carbonyl (C=O) groups excluding carboxylic acids is 1. The number of anilines is 1. The number of fused-ring (bicyclic) bond motifs is 1. The van der Waals surface area contributed by atoms with Gasteiger partial charge in [0.2, 0.25) is 0 Å². The van der Waals surface area contributed by atoms with Crippen molar-refractivity contribution in [2.75, 3.05) is 5.32 Å². The van der Waals surface area contributed by atoms with Gasteiger partial charge < -0.3 is 9.84 Å². The van der Waals surface area contributed by atoms with Crippen molar-refractivity contribution in [2.45, 2.75) is 19.3 Å². The Labute approximate surface area is 98.6 Å². The Kier molecular flexibility index (Phi) is 2.40. The Morgan fingerprint density at radius 3 is 3.00 bits per heavy atom. The number of carbonyl (C=O) groups is 1. The van der Waals surface area contributed by atoms with E-state index in [1.54, 1.807) is 0 Å². The van der Waals surface area contributed by atoms with Gasteiger partial charge in [0.25, 0.3) is 5.91 Å². The highest BCUT2D eigenvalue weighted by Crippen LogP contribution is 2.25. The van der Waals surface area contributed by atoms with Crippen molar-refractivity contribution < 1.29 is 9.32 Å². The Balaban J connectivity index is 1.80. The molecule has 2 aromatic rings. The molecule has 4 heteroatoms. The van der Waals surface area contributed by atoms with Gasteiger partial charge in [-0.15, -0.1) is 0 Å². The van der Waals surface area contributed by atoms with Crippen molar-refractivity contribution in [2.24, 2.45) is 0 Å². The number of hydrogen-bond donors (Lipinski definition) is 1. The van der Waals surface area contributed by atoms with Crippen molar-refractivity contribution in [3.8, 4) is 0 Å². The Hall–Kier alpha value is -2.10. The number of nitrogens with zero attached hydrogens (tertiary/aromatic N) is 1.